The molecule has 3 heterocycles. The van der Waals surface area contributed by atoms with Crippen LogP contribution in [0.25, 0.3) is 0 Å². The van der Waals surface area contributed by atoms with Gasteiger partial charge in [-0.2, -0.15) is 4.31 Å². The van der Waals surface area contributed by atoms with E-state index in [-0.39, 0.29) is 6.42 Å². The third-order valence-electron chi connectivity index (χ3n) is 6.16. The van der Waals surface area contributed by atoms with Crippen LogP contribution in [0.5, 0.6) is 0 Å². The first-order chi connectivity index (χ1) is 19.3. The van der Waals surface area contributed by atoms with Crippen LogP contribution in [0.15, 0.2) is 52.2 Å². The zero-order valence-electron chi connectivity index (χ0n) is 21.8. The van der Waals surface area contributed by atoms with Crippen LogP contribution >= 0.6 is 23.2 Å². The summed E-state index contributed by atoms with van der Waals surface area (Å²) in [5, 5.41) is 0. The van der Waals surface area contributed by atoms with Crippen molar-refractivity contribution in [3.05, 3.63) is 69.0 Å². The number of phosphoric acid groups is 2. The number of unbranched alkanes of at least 4 members (excludes halogenated alkanes) is 2. The molecule has 2 aliphatic heterocycles. The summed E-state index contributed by atoms with van der Waals surface area (Å²) in [6.45, 7) is 1.09. The molecule has 19 heteroatoms. The number of nitrogens with one attached hydrogen (secondary N) is 1. The van der Waals surface area contributed by atoms with Gasteiger partial charge < -0.3 is 28.9 Å². The van der Waals surface area contributed by atoms with Crippen LogP contribution in [0.4, 0.5) is 0 Å². The van der Waals surface area contributed by atoms with E-state index in [1.807, 2.05) is 37.3 Å². The van der Waals surface area contributed by atoms with Crippen LogP contribution < -0.4 is 11.2 Å². The molecule has 8 atom stereocenters. The first-order valence-corrected chi connectivity index (χ1v) is 17.4. The van der Waals surface area contributed by atoms with Gasteiger partial charge in [-0.3, -0.25) is 23.4 Å². The minimum atomic E-state index is -5.51. The fraction of sp³-hybridized carbons (Fsp3) is 0.545. The van der Waals surface area contributed by atoms with Crippen molar-refractivity contribution in [1.82, 2.24) is 9.55 Å². The highest BCUT2D eigenvalue weighted by atomic mass is 31.3. The second kappa shape index (κ2) is 13.3. The van der Waals surface area contributed by atoms with Crippen LogP contribution in [0.3, 0.4) is 0 Å². The Hall–Kier alpha value is -1.77. The molecular weight excluding hydrogens is 609 g/mol. The number of fused-ring (bicyclic) bond motifs is 1. The summed E-state index contributed by atoms with van der Waals surface area (Å²) in [6.07, 6.45) is -2.45. The molecule has 0 aliphatic carbocycles. The number of aromatic amines is 1. The maximum Gasteiger partial charge on any atom is 0.488 e. The topological polar surface area (TPSA) is 222 Å². The molecule has 2 aromatic rings. The number of hydrogen-bond donors (Lipinski definition) is 4. The normalized spacial score (nSPS) is 28.4. The Morgan fingerprint density at radius 2 is 1.63 bits per heavy atom. The van der Waals surface area contributed by atoms with E-state index in [0.717, 1.165) is 16.2 Å². The minimum Gasteiger partial charge on any atom is -0.346 e. The van der Waals surface area contributed by atoms with Crippen molar-refractivity contribution >= 4 is 23.2 Å². The van der Waals surface area contributed by atoms with Crippen LogP contribution in [-0.4, -0.2) is 61.6 Å². The van der Waals surface area contributed by atoms with E-state index in [0.29, 0.717) is 19.3 Å². The second-order valence-corrected chi connectivity index (χ2v) is 14.5. The molecule has 4 N–H and O–H groups in total. The summed E-state index contributed by atoms with van der Waals surface area (Å²) >= 11 is 0. The van der Waals surface area contributed by atoms with Gasteiger partial charge in [-0.1, -0.05) is 50.1 Å². The molecule has 0 spiro atoms. The lowest BCUT2D eigenvalue weighted by molar-refractivity contribution is -0.150. The molecule has 16 nitrogen and oxygen atoms in total. The lowest BCUT2D eigenvalue weighted by Gasteiger charge is -2.22. The first-order valence-electron chi connectivity index (χ1n) is 12.6. The van der Waals surface area contributed by atoms with Gasteiger partial charge in [0, 0.05) is 18.7 Å². The summed E-state index contributed by atoms with van der Waals surface area (Å²) in [5.74, 6) is 0. The van der Waals surface area contributed by atoms with E-state index in [4.69, 9.17) is 18.7 Å². The smallest absolute Gasteiger partial charge is 0.346 e. The Kier molecular flexibility index (Phi) is 10.4. The largest absolute Gasteiger partial charge is 0.488 e. The maximum atomic E-state index is 12.5. The molecule has 0 amide bonds. The van der Waals surface area contributed by atoms with Gasteiger partial charge in [0.2, 0.25) is 0 Å². The van der Waals surface area contributed by atoms with Gasteiger partial charge in [-0.25, -0.2) is 18.2 Å². The number of ether oxygens (including phenoxy) is 3. The number of nitrogens with zero attached hydrogens (tertiary/aromatic N) is 1. The summed E-state index contributed by atoms with van der Waals surface area (Å²) in [7, 11) is -15.5. The van der Waals surface area contributed by atoms with E-state index in [9.17, 15) is 38.0 Å². The van der Waals surface area contributed by atoms with Crippen molar-refractivity contribution in [1.29, 1.82) is 0 Å². The molecule has 4 rings (SSSR count). The lowest BCUT2D eigenvalue weighted by Crippen LogP contribution is -2.36. The summed E-state index contributed by atoms with van der Waals surface area (Å²) in [6, 6.07) is 10.3. The highest BCUT2D eigenvalue weighted by Gasteiger charge is 2.54. The molecule has 41 heavy (non-hydrogen) atoms. The molecule has 2 aliphatic rings. The molecule has 8 unspecified atom stereocenters. The quantitative estimate of drug-likeness (QED) is 0.172. The van der Waals surface area contributed by atoms with Crippen molar-refractivity contribution < 1.29 is 55.7 Å². The highest BCUT2D eigenvalue weighted by molar-refractivity contribution is 7.68. The van der Waals surface area contributed by atoms with E-state index in [2.05, 4.69) is 13.6 Å². The van der Waals surface area contributed by atoms with Crippen LogP contribution in [0, 0.1) is 0 Å². The van der Waals surface area contributed by atoms with Crippen molar-refractivity contribution in [2.45, 2.75) is 63.4 Å². The van der Waals surface area contributed by atoms with Crippen LogP contribution in [0.1, 0.15) is 38.0 Å². The van der Waals surface area contributed by atoms with Gasteiger partial charge in [0.05, 0.1) is 12.8 Å². The summed E-state index contributed by atoms with van der Waals surface area (Å²) in [4.78, 5) is 55.8. The van der Waals surface area contributed by atoms with Gasteiger partial charge in [0.25, 0.3) is 5.56 Å². The monoisotopic (exact) mass is 640 g/mol. The number of aromatic nitrogens is 2. The van der Waals surface area contributed by atoms with Crippen molar-refractivity contribution in [2.24, 2.45) is 0 Å². The Morgan fingerprint density at radius 1 is 0.927 bits per heavy atom. The van der Waals surface area contributed by atoms with Crippen molar-refractivity contribution in [3.8, 4) is 0 Å². The number of phosphoric ester groups is 1. The molecule has 2 fully saturated rings. The molecular formula is C22H31N2O14P3. The second-order valence-electron chi connectivity index (χ2n) is 9.37. The highest BCUT2D eigenvalue weighted by Crippen LogP contribution is 2.67. The average molecular weight is 640 g/mol. The fourth-order valence-corrected chi connectivity index (χ4v) is 8.58. The molecule has 0 bridgehead atoms. The molecule has 0 radical (unpaired) electrons. The zero-order valence-corrected chi connectivity index (χ0v) is 24.5. The number of H-pyrrole nitrogens is 1. The first kappa shape index (κ1) is 32.2. The maximum absolute atomic E-state index is 12.5. The number of benzene rings is 1. The van der Waals surface area contributed by atoms with Crippen molar-refractivity contribution in [3.63, 3.8) is 0 Å². The predicted molar refractivity (Wildman–Crippen MR) is 141 cm³/mol. The Labute approximate surface area is 233 Å². The molecule has 0 saturated carbocycles. The van der Waals surface area contributed by atoms with Crippen molar-refractivity contribution in [2.75, 3.05) is 12.8 Å². The molecule has 1 aromatic heterocycles. The van der Waals surface area contributed by atoms with Gasteiger partial charge in [-0.05, 0) is 12.0 Å². The van der Waals surface area contributed by atoms with E-state index >= 15 is 0 Å². The predicted octanol–water partition coefficient (Wildman–Crippen LogP) is 2.41. The van der Waals surface area contributed by atoms with Crippen LogP contribution in [-0.2, 0) is 47.5 Å². The minimum absolute atomic E-state index is 0.214. The van der Waals surface area contributed by atoms with Gasteiger partial charge in [0.1, 0.15) is 18.3 Å². The zero-order chi connectivity index (χ0) is 29.8. The van der Waals surface area contributed by atoms with Gasteiger partial charge in [-0.15, -0.1) is 0 Å². The number of rotatable bonds is 14. The summed E-state index contributed by atoms with van der Waals surface area (Å²) in [5.41, 5.74) is -0.565. The molecule has 228 valence electrons. The van der Waals surface area contributed by atoms with Gasteiger partial charge >= 0.3 is 28.9 Å². The fourth-order valence-electron chi connectivity index (χ4n) is 4.39. The lowest BCUT2D eigenvalue weighted by atomic mass is 10.1. The SMILES string of the molecule is CCCCCP(=O)(O)OP(=O)(O)OP(=O)(O)OCC1OC(n2ccc(=O)[nH]c2=O)C2OC(Cc3ccccc3)OC12. The van der Waals surface area contributed by atoms with E-state index in [1.54, 1.807) is 0 Å². The third-order valence-corrected chi connectivity index (χ3v) is 11.0. The Morgan fingerprint density at radius 3 is 2.32 bits per heavy atom. The Bertz CT molecular complexity index is 1450. The third kappa shape index (κ3) is 8.87. The molecule has 1 aromatic carbocycles. The van der Waals surface area contributed by atoms with E-state index in [1.165, 1.54) is 6.20 Å². The van der Waals surface area contributed by atoms with Crippen LogP contribution in [0.2, 0.25) is 0 Å². The van der Waals surface area contributed by atoms with Gasteiger partial charge in [0.15, 0.2) is 12.5 Å². The Balaban J connectivity index is 1.45. The number of hydrogen-bond acceptors (Lipinski definition) is 11. The van der Waals surface area contributed by atoms with E-state index < -0.39 is 78.1 Å². The molecule has 2 saturated heterocycles. The standard InChI is InChI=1S/C22H31N2O14P3/c1-2-3-7-12-39(27,28)37-41(31,32)38-40(29,30)33-14-16-19-20(21(34-16)24-11-10-17(25)23-22(24)26)36-18(35-19)13-15-8-5-4-6-9-15/h4-6,8-11,16,18-21H,2-3,7,12-14H2,1H3,(H,27,28)(H,29,30)(H,31,32)(H,23,25,26). The summed E-state index contributed by atoms with van der Waals surface area (Å²) < 4.78 is 68.9. The average Bonchev–Trinajstić information content (AvgIpc) is 3.41.